The number of halogens is 2. The zero-order valence-electron chi connectivity index (χ0n) is 11.0. The molecule has 7 heteroatoms. The van der Waals surface area contributed by atoms with Crippen LogP contribution in [0.5, 0.6) is 5.75 Å². The van der Waals surface area contributed by atoms with Gasteiger partial charge in [-0.2, -0.15) is 5.10 Å². The first-order chi connectivity index (χ1) is 10.1. The highest BCUT2D eigenvalue weighted by Gasteiger charge is 2.21. The van der Waals surface area contributed by atoms with Crippen LogP contribution >= 0.6 is 23.2 Å². The van der Waals surface area contributed by atoms with Gasteiger partial charge < -0.3 is 10.1 Å². The highest BCUT2D eigenvalue weighted by atomic mass is 35.5. The number of hydrogen-bond acceptors (Lipinski definition) is 4. The number of hydrogen-bond donors (Lipinski definition) is 2. The van der Waals surface area contributed by atoms with Crippen LogP contribution in [0.3, 0.4) is 0 Å². The fraction of sp³-hybridized carbons (Fsp3) is 0.286. The van der Waals surface area contributed by atoms with Crippen molar-refractivity contribution in [2.75, 3.05) is 11.9 Å². The molecule has 0 saturated heterocycles. The van der Waals surface area contributed by atoms with Crippen LogP contribution in [0.1, 0.15) is 24.4 Å². The summed E-state index contributed by atoms with van der Waals surface area (Å²) in [5.74, 6) is 0.756. The number of ether oxygens (including phenoxy) is 1. The number of benzene rings is 1. The first-order valence-corrected chi connectivity index (χ1v) is 7.32. The quantitative estimate of drug-likeness (QED) is 0.888. The van der Waals surface area contributed by atoms with Crippen LogP contribution in [0.15, 0.2) is 29.2 Å². The Hall–Kier alpha value is -1.72. The molecule has 21 heavy (non-hydrogen) atoms. The minimum Gasteiger partial charge on any atom is -0.493 e. The fourth-order valence-corrected chi connectivity index (χ4v) is 2.68. The van der Waals surface area contributed by atoms with Gasteiger partial charge in [-0.15, -0.1) is 0 Å². The molecule has 1 aliphatic rings. The van der Waals surface area contributed by atoms with Gasteiger partial charge >= 0.3 is 0 Å². The summed E-state index contributed by atoms with van der Waals surface area (Å²) in [5, 5.41) is 10.1. The second-order valence-corrected chi connectivity index (χ2v) is 5.61. The summed E-state index contributed by atoms with van der Waals surface area (Å²) in [7, 11) is 0. The number of fused-ring (bicyclic) bond motifs is 1. The van der Waals surface area contributed by atoms with Crippen LogP contribution in [0.2, 0.25) is 10.0 Å². The minimum atomic E-state index is -0.414. The highest BCUT2D eigenvalue weighted by Crippen LogP contribution is 2.36. The summed E-state index contributed by atoms with van der Waals surface area (Å²) < 4.78 is 5.71. The van der Waals surface area contributed by atoms with Crippen molar-refractivity contribution in [3.63, 3.8) is 0 Å². The van der Waals surface area contributed by atoms with E-state index in [0.717, 1.165) is 24.2 Å². The van der Waals surface area contributed by atoms with Crippen molar-refractivity contribution in [3.05, 3.63) is 50.4 Å². The number of aromatic nitrogens is 2. The first-order valence-electron chi connectivity index (χ1n) is 6.57. The van der Waals surface area contributed by atoms with Gasteiger partial charge in [0, 0.05) is 10.6 Å². The maximum Gasteiger partial charge on any atom is 0.285 e. The van der Waals surface area contributed by atoms with Gasteiger partial charge in [-0.25, -0.2) is 5.10 Å². The molecule has 1 unspecified atom stereocenters. The lowest BCUT2D eigenvalue weighted by Crippen LogP contribution is -2.15. The molecule has 1 atom stereocenters. The topological polar surface area (TPSA) is 67.0 Å². The van der Waals surface area contributed by atoms with Gasteiger partial charge in [-0.05, 0) is 25.0 Å². The van der Waals surface area contributed by atoms with Crippen LogP contribution in [0.4, 0.5) is 5.69 Å². The van der Waals surface area contributed by atoms with Gasteiger partial charge in [-0.1, -0.05) is 29.3 Å². The molecule has 5 nitrogen and oxygen atoms in total. The van der Waals surface area contributed by atoms with Gasteiger partial charge in [0.1, 0.15) is 10.8 Å². The Balaban J connectivity index is 1.96. The number of anilines is 1. The molecule has 1 aromatic carbocycles. The van der Waals surface area contributed by atoms with E-state index in [2.05, 4.69) is 15.5 Å². The maximum atomic E-state index is 11.5. The zero-order chi connectivity index (χ0) is 14.8. The molecule has 0 saturated carbocycles. The molecule has 2 heterocycles. The Morgan fingerprint density at radius 1 is 1.38 bits per heavy atom. The molecule has 3 rings (SSSR count). The fourth-order valence-electron chi connectivity index (χ4n) is 2.37. The zero-order valence-corrected chi connectivity index (χ0v) is 12.5. The summed E-state index contributed by atoms with van der Waals surface area (Å²) >= 11 is 12.0. The third-order valence-electron chi connectivity index (χ3n) is 3.37. The average Bonchev–Trinajstić information content (AvgIpc) is 2.66. The molecule has 0 spiro atoms. The molecule has 0 aliphatic carbocycles. The van der Waals surface area contributed by atoms with E-state index in [1.165, 1.54) is 6.20 Å². The Kier molecular flexibility index (Phi) is 4.03. The van der Waals surface area contributed by atoms with E-state index < -0.39 is 5.56 Å². The summed E-state index contributed by atoms with van der Waals surface area (Å²) in [6, 6.07) is 5.53. The second kappa shape index (κ2) is 5.95. The van der Waals surface area contributed by atoms with Crippen molar-refractivity contribution in [1.29, 1.82) is 0 Å². The molecular weight excluding hydrogens is 313 g/mol. The van der Waals surface area contributed by atoms with Gasteiger partial charge in [0.05, 0.1) is 24.5 Å². The molecule has 0 amide bonds. The van der Waals surface area contributed by atoms with E-state index in [0.29, 0.717) is 17.3 Å². The van der Waals surface area contributed by atoms with Crippen molar-refractivity contribution in [1.82, 2.24) is 10.2 Å². The van der Waals surface area contributed by atoms with E-state index in [9.17, 15) is 4.79 Å². The third-order valence-corrected chi connectivity index (χ3v) is 3.98. The van der Waals surface area contributed by atoms with Crippen molar-refractivity contribution in [2.45, 2.75) is 18.9 Å². The van der Waals surface area contributed by atoms with Gasteiger partial charge in [0.15, 0.2) is 0 Å². The lowest BCUT2D eigenvalue weighted by atomic mass is 10.0. The summed E-state index contributed by atoms with van der Waals surface area (Å²) in [6.45, 7) is 0.632. The Morgan fingerprint density at radius 2 is 2.24 bits per heavy atom. The lowest BCUT2D eigenvalue weighted by molar-refractivity contribution is 0.316. The summed E-state index contributed by atoms with van der Waals surface area (Å²) in [4.78, 5) is 11.5. The number of H-pyrrole nitrogens is 1. The van der Waals surface area contributed by atoms with Crippen molar-refractivity contribution < 1.29 is 4.74 Å². The summed E-state index contributed by atoms with van der Waals surface area (Å²) in [6.07, 6.45) is 3.25. The van der Waals surface area contributed by atoms with Crippen molar-refractivity contribution >= 4 is 28.9 Å². The molecule has 0 bridgehead atoms. The molecular formula is C14H13Cl2N3O2. The summed E-state index contributed by atoms with van der Waals surface area (Å²) in [5.41, 5.74) is 1.09. The van der Waals surface area contributed by atoms with Gasteiger partial charge in [0.25, 0.3) is 5.56 Å². The van der Waals surface area contributed by atoms with E-state index in [1.807, 2.05) is 12.1 Å². The van der Waals surface area contributed by atoms with Gasteiger partial charge in [-0.3, -0.25) is 4.79 Å². The van der Waals surface area contributed by atoms with E-state index in [-0.39, 0.29) is 11.1 Å². The Morgan fingerprint density at radius 3 is 3.10 bits per heavy atom. The van der Waals surface area contributed by atoms with E-state index in [4.69, 9.17) is 27.9 Å². The molecule has 2 aromatic rings. The smallest absolute Gasteiger partial charge is 0.285 e. The molecule has 1 aliphatic heterocycles. The number of rotatable bonds is 2. The molecule has 0 fully saturated rings. The minimum absolute atomic E-state index is 0.0131. The van der Waals surface area contributed by atoms with Crippen LogP contribution in [0, 0.1) is 0 Å². The monoisotopic (exact) mass is 325 g/mol. The predicted molar refractivity (Wildman–Crippen MR) is 82.4 cm³/mol. The van der Waals surface area contributed by atoms with Crippen LogP contribution in [-0.2, 0) is 0 Å². The Bertz CT molecular complexity index is 718. The predicted octanol–water partition coefficient (Wildman–Crippen LogP) is 3.40. The first kappa shape index (κ1) is 14.2. The molecule has 1 aromatic heterocycles. The average molecular weight is 326 g/mol. The third kappa shape index (κ3) is 2.99. The Labute approximate surface area is 131 Å². The standard InChI is InChI=1S/C14H13Cl2N3O2/c15-8-3-4-9-10(2-1-5-21-12(9)6-8)18-11-7-17-19-14(20)13(11)16/h3-4,6-7,10H,1-2,5H2,(H2,18,19,20). The molecule has 2 N–H and O–H groups in total. The lowest BCUT2D eigenvalue weighted by Gasteiger charge is -2.19. The SMILES string of the molecule is O=c1[nH]ncc(NC2CCCOc3cc(Cl)ccc32)c1Cl. The maximum absolute atomic E-state index is 11.5. The highest BCUT2D eigenvalue weighted by molar-refractivity contribution is 6.33. The number of nitrogens with zero attached hydrogens (tertiary/aromatic N) is 1. The van der Waals surface area contributed by atoms with E-state index in [1.54, 1.807) is 6.07 Å². The van der Waals surface area contributed by atoms with Crippen molar-refractivity contribution in [3.8, 4) is 5.75 Å². The molecule has 0 radical (unpaired) electrons. The van der Waals surface area contributed by atoms with Gasteiger partial charge in [0.2, 0.25) is 0 Å². The van der Waals surface area contributed by atoms with Crippen molar-refractivity contribution in [2.24, 2.45) is 0 Å². The number of aromatic amines is 1. The van der Waals surface area contributed by atoms with Crippen LogP contribution in [-0.4, -0.2) is 16.8 Å². The van der Waals surface area contributed by atoms with E-state index >= 15 is 0 Å². The van der Waals surface area contributed by atoms with Crippen LogP contribution in [0.25, 0.3) is 0 Å². The van der Waals surface area contributed by atoms with Crippen LogP contribution < -0.4 is 15.6 Å². The largest absolute Gasteiger partial charge is 0.493 e. The number of nitrogens with one attached hydrogen (secondary N) is 2. The normalized spacial score (nSPS) is 17.5. The second-order valence-electron chi connectivity index (χ2n) is 4.80. The molecule has 110 valence electrons.